The Morgan fingerprint density at radius 2 is 1.41 bits per heavy atom. The second-order valence-electron chi connectivity index (χ2n) is 6.64. The first-order chi connectivity index (χ1) is 12.6. The number of carbonyl (C=O) groups excluding carboxylic acids is 1. The molecule has 0 aliphatic rings. The summed E-state index contributed by atoms with van der Waals surface area (Å²) in [5.74, 6) is -0.548. The lowest BCUT2D eigenvalue weighted by molar-refractivity contribution is 0.0955. The minimum Gasteiger partial charge on any atom is -0.268 e. The van der Waals surface area contributed by atoms with Gasteiger partial charge in [-0.1, -0.05) is 35.4 Å². The molecule has 1 heterocycles. The first-order valence-electron chi connectivity index (χ1n) is 8.37. The molecule has 0 bridgehead atoms. The van der Waals surface area contributed by atoms with Gasteiger partial charge in [-0.25, -0.2) is 17.8 Å². The minimum atomic E-state index is -4.08. The number of aromatic nitrogens is 2. The number of rotatable bonds is 3. The van der Waals surface area contributed by atoms with Crippen LogP contribution in [0.3, 0.4) is 0 Å². The van der Waals surface area contributed by atoms with E-state index >= 15 is 0 Å². The van der Waals surface area contributed by atoms with E-state index in [-0.39, 0.29) is 4.90 Å². The lowest BCUT2D eigenvalue weighted by Crippen LogP contribution is -2.33. The van der Waals surface area contributed by atoms with Crippen molar-refractivity contribution in [3.8, 4) is 0 Å². The molecule has 0 amide bonds. The molecule has 0 saturated heterocycles. The zero-order valence-corrected chi connectivity index (χ0v) is 16.4. The summed E-state index contributed by atoms with van der Waals surface area (Å²) in [5.41, 5.74) is 2.86. The van der Waals surface area contributed by atoms with Gasteiger partial charge in [-0.05, 0) is 51.0 Å². The maximum atomic E-state index is 12.9. The monoisotopic (exact) mass is 384 g/mol. The quantitative estimate of drug-likeness (QED) is 0.696. The summed E-state index contributed by atoms with van der Waals surface area (Å²) in [6.07, 6.45) is 2.30. The number of hydrogen-bond donors (Lipinski definition) is 0. The van der Waals surface area contributed by atoms with Crippen LogP contribution in [0.2, 0.25) is 0 Å². The molecule has 3 rings (SSSR count). The van der Waals surface area contributed by atoms with E-state index in [1.54, 1.807) is 26.0 Å². The molecule has 0 fully saturated rings. The van der Waals surface area contributed by atoms with Crippen LogP contribution in [0, 0.1) is 27.7 Å². The molecule has 3 aromatic rings. The predicted molar refractivity (Wildman–Crippen MR) is 103 cm³/mol. The van der Waals surface area contributed by atoms with Crippen LogP contribution in [0.1, 0.15) is 32.6 Å². The molecule has 1 aromatic heterocycles. The van der Waals surface area contributed by atoms with Crippen LogP contribution in [0.25, 0.3) is 0 Å². The topological polar surface area (TPSA) is 78.1 Å². The van der Waals surface area contributed by atoms with Gasteiger partial charge >= 0.3 is 5.69 Å². The summed E-state index contributed by atoms with van der Waals surface area (Å²) in [6, 6.07) is 9.88. The van der Waals surface area contributed by atoms with Crippen LogP contribution >= 0.6 is 0 Å². The first-order valence-corrected chi connectivity index (χ1v) is 9.81. The molecule has 0 aliphatic heterocycles. The normalized spacial score (nSPS) is 11.6. The van der Waals surface area contributed by atoms with Crippen LogP contribution in [0.4, 0.5) is 0 Å². The standard InChI is InChI=1S/C20H20N2O4S/c1-13-5-7-17(8-6-13)27(25,26)22-10-9-21(20(22)24)19(23)18-15(3)11-14(2)12-16(18)4/h5-12H,1-4H3. The zero-order valence-electron chi connectivity index (χ0n) is 15.6. The largest absolute Gasteiger partial charge is 0.349 e. The third-order valence-electron chi connectivity index (χ3n) is 4.43. The number of hydrogen-bond acceptors (Lipinski definition) is 4. The van der Waals surface area contributed by atoms with E-state index in [2.05, 4.69) is 0 Å². The zero-order chi connectivity index (χ0) is 19.9. The molecule has 140 valence electrons. The van der Waals surface area contributed by atoms with Crippen molar-refractivity contribution in [1.29, 1.82) is 0 Å². The van der Waals surface area contributed by atoms with Gasteiger partial charge in [-0.2, -0.15) is 3.97 Å². The van der Waals surface area contributed by atoms with Crippen LogP contribution < -0.4 is 5.69 Å². The Balaban J connectivity index is 2.10. The Morgan fingerprint density at radius 3 is 1.96 bits per heavy atom. The van der Waals surface area contributed by atoms with E-state index in [0.717, 1.165) is 33.0 Å². The Labute approximate surface area is 157 Å². The molecule has 0 spiro atoms. The maximum absolute atomic E-state index is 12.9. The van der Waals surface area contributed by atoms with Crippen LogP contribution in [-0.4, -0.2) is 22.9 Å². The molecular weight excluding hydrogens is 364 g/mol. The third-order valence-corrected chi connectivity index (χ3v) is 6.10. The number of nitrogens with zero attached hydrogens (tertiary/aromatic N) is 2. The summed E-state index contributed by atoms with van der Waals surface area (Å²) >= 11 is 0. The lowest BCUT2D eigenvalue weighted by atomic mass is 9.99. The van der Waals surface area contributed by atoms with E-state index in [1.807, 2.05) is 26.0 Å². The fourth-order valence-electron chi connectivity index (χ4n) is 3.16. The van der Waals surface area contributed by atoms with Gasteiger partial charge in [-0.3, -0.25) is 4.79 Å². The average Bonchev–Trinajstić information content (AvgIpc) is 2.96. The molecule has 0 saturated carbocycles. The first kappa shape index (κ1) is 18.8. The van der Waals surface area contributed by atoms with Crippen molar-refractivity contribution in [3.05, 3.63) is 87.1 Å². The van der Waals surface area contributed by atoms with Crippen molar-refractivity contribution < 1.29 is 13.2 Å². The SMILES string of the molecule is Cc1ccc(S(=O)(=O)n2ccn(C(=O)c3c(C)cc(C)cc3C)c2=O)cc1. The summed E-state index contributed by atoms with van der Waals surface area (Å²) in [4.78, 5) is 25.6. The fraction of sp³-hybridized carbons (Fsp3) is 0.200. The van der Waals surface area contributed by atoms with Crippen molar-refractivity contribution in [2.45, 2.75) is 32.6 Å². The Morgan fingerprint density at radius 1 is 0.852 bits per heavy atom. The van der Waals surface area contributed by atoms with Gasteiger partial charge in [-0.15, -0.1) is 0 Å². The van der Waals surface area contributed by atoms with E-state index in [0.29, 0.717) is 9.54 Å². The Bertz CT molecular complexity index is 1180. The second kappa shape index (κ2) is 6.66. The lowest BCUT2D eigenvalue weighted by Gasteiger charge is -2.10. The number of aryl methyl sites for hydroxylation is 4. The highest BCUT2D eigenvalue weighted by molar-refractivity contribution is 7.90. The van der Waals surface area contributed by atoms with Crippen LogP contribution in [0.5, 0.6) is 0 Å². The van der Waals surface area contributed by atoms with Gasteiger partial charge in [0.15, 0.2) is 0 Å². The van der Waals surface area contributed by atoms with Crippen molar-refractivity contribution in [2.75, 3.05) is 0 Å². The molecular formula is C20H20N2O4S. The highest BCUT2D eigenvalue weighted by Crippen LogP contribution is 2.18. The second-order valence-corrected chi connectivity index (χ2v) is 8.46. The molecule has 0 aliphatic carbocycles. The van der Waals surface area contributed by atoms with Crippen molar-refractivity contribution in [3.63, 3.8) is 0 Å². The van der Waals surface area contributed by atoms with Crippen molar-refractivity contribution in [1.82, 2.24) is 8.54 Å². The average molecular weight is 384 g/mol. The summed E-state index contributed by atoms with van der Waals surface area (Å²) in [6.45, 7) is 7.34. The van der Waals surface area contributed by atoms with E-state index in [4.69, 9.17) is 0 Å². The molecule has 0 atom stereocenters. The molecule has 6 nitrogen and oxygen atoms in total. The molecule has 0 unspecified atom stereocenters. The smallest absolute Gasteiger partial charge is 0.268 e. The van der Waals surface area contributed by atoms with Gasteiger partial charge in [0, 0.05) is 18.0 Å². The van der Waals surface area contributed by atoms with Gasteiger partial charge in [0.25, 0.3) is 15.9 Å². The third kappa shape index (κ3) is 3.26. The molecule has 0 radical (unpaired) electrons. The number of imidazole rings is 1. The van der Waals surface area contributed by atoms with Crippen molar-refractivity contribution >= 4 is 15.9 Å². The predicted octanol–water partition coefficient (Wildman–Crippen LogP) is 2.81. The highest BCUT2D eigenvalue weighted by atomic mass is 32.2. The Kier molecular flexibility index (Phi) is 4.65. The Hall–Kier alpha value is -2.93. The highest BCUT2D eigenvalue weighted by Gasteiger charge is 2.24. The van der Waals surface area contributed by atoms with E-state index in [1.165, 1.54) is 18.3 Å². The summed E-state index contributed by atoms with van der Waals surface area (Å²) in [5, 5.41) is 0. The van der Waals surface area contributed by atoms with Gasteiger partial charge in [0.2, 0.25) is 0 Å². The summed E-state index contributed by atoms with van der Waals surface area (Å²) < 4.78 is 26.9. The van der Waals surface area contributed by atoms with Gasteiger partial charge < -0.3 is 0 Å². The fourth-order valence-corrected chi connectivity index (χ4v) is 4.38. The summed E-state index contributed by atoms with van der Waals surface area (Å²) in [7, 11) is -4.08. The van der Waals surface area contributed by atoms with Gasteiger partial charge in [0.05, 0.1) is 4.90 Å². The minimum absolute atomic E-state index is 0.0110. The number of benzene rings is 2. The van der Waals surface area contributed by atoms with Gasteiger partial charge in [0.1, 0.15) is 0 Å². The van der Waals surface area contributed by atoms with E-state index in [9.17, 15) is 18.0 Å². The maximum Gasteiger partial charge on any atom is 0.349 e. The molecule has 0 N–H and O–H groups in total. The van der Waals surface area contributed by atoms with Crippen LogP contribution in [0.15, 0.2) is 58.5 Å². The van der Waals surface area contributed by atoms with Crippen LogP contribution in [-0.2, 0) is 10.0 Å². The van der Waals surface area contributed by atoms with Crippen molar-refractivity contribution in [2.24, 2.45) is 0 Å². The molecule has 7 heteroatoms. The molecule has 27 heavy (non-hydrogen) atoms. The number of carbonyl (C=O) groups is 1. The van der Waals surface area contributed by atoms with E-state index < -0.39 is 21.6 Å². The molecule has 2 aromatic carbocycles.